The Morgan fingerprint density at radius 3 is 0.448 bits per heavy atom. The van der Waals surface area contributed by atoms with Gasteiger partial charge in [-0.2, -0.15) is 0 Å². The second-order valence-electron chi connectivity index (χ2n) is 19.5. The van der Waals surface area contributed by atoms with E-state index in [2.05, 4.69) is 180 Å². The Kier molecular flexibility index (Phi) is 10.5. The van der Waals surface area contributed by atoms with Gasteiger partial charge in [0.15, 0.2) is 34.9 Å². The standard InChI is InChI=1S/C52H56N6/c1-49(2,3)39-25-17-35(18-26-39)45-53-43(54-46(57-45)36-19-27-40(28-20-36)50(4,5)6)33-13-15-34(16-14-33)44-55-47(37-21-29-41(30-22-37)51(7,8)9)58-48(56-44)38-23-31-42(32-24-38)52(10,11)12/h13-32H,1-12H3. The zero-order valence-electron chi connectivity index (χ0n) is 36.2. The first-order valence-electron chi connectivity index (χ1n) is 20.3. The second kappa shape index (κ2) is 15.1. The fraction of sp³-hybridized carbons (Fsp3) is 0.308. The minimum atomic E-state index is 0.0400. The Morgan fingerprint density at radius 2 is 0.328 bits per heavy atom. The van der Waals surface area contributed by atoms with Crippen LogP contribution < -0.4 is 0 Å². The zero-order chi connectivity index (χ0) is 41.6. The quantitative estimate of drug-likeness (QED) is 0.168. The maximum atomic E-state index is 5.04. The Morgan fingerprint density at radius 1 is 0.207 bits per heavy atom. The molecular weight excluding hydrogens is 709 g/mol. The van der Waals surface area contributed by atoms with Gasteiger partial charge in [-0.25, -0.2) is 29.9 Å². The molecule has 6 nitrogen and oxygen atoms in total. The van der Waals surface area contributed by atoms with Gasteiger partial charge in [0.25, 0.3) is 0 Å². The van der Waals surface area contributed by atoms with Gasteiger partial charge in [-0.3, -0.25) is 0 Å². The average Bonchev–Trinajstić information content (AvgIpc) is 3.19. The van der Waals surface area contributed by atoms with Crippen LogP contribution in [0.2, 0.25) is 0 Å². The van der Waals surface area contributed by atoms with E-state index in [1.807, 2.05) is 24.3 Å². The summed E-state index contributed by atoms with van der Waals surface area (Å²) in [5.74, 6) is 3.72. The van der Waals surface area contributed by atoms with E-state index in [9.17, 15) is 0 Å². The third-order valence-corrected chi connectivity index (χ3v) is 10.7. The maximum Gasteiger partial charge on any atom is 0.164 e. The minimum absolute atomic E-state index is 0.0400. The van der Waals surface area contributed by atoms with E-state index in [1.165, 1.54) is 22.3 Å². The van der Waals surface area contributed by atoms with Crippen LogP contribution in [-0.2, 0) is 21.7 Å². The summed E-state index contributed by atoms with van der Waals surface area (Å²) in [4.78, 5) is 30.2. The number of nitrogens with zero attached hydrogens (tertiary/aromatic N) is 6. The number of aromatic nitrogens is 6. The molecule has 5 aromatic carbocycles. The summed E-state index contributed by atoms with van der Waals surface area (Å²) in [5.41, 5.74) is 10.7. The van der Waals surface area contributed by atoms with Gasteiger partial charge in [0.05, 0.1) is 0 Å². The lowest BCUT2D eigenvalue weighted by atomic mass is 9.86. The molecule has 7 aromatic rings. The monoisotopic (exact) mass is 764 g/mol. The fourth-order valence-electron chi connectivity index (χ4n) is 6.77. The summed E-state index contributed by atoms with van der Waals surface area (Å²) in [6.45, 7) is 26.7. The third kappa shape index (κ3) is 8.97. The van der Waals surface area contributed by atoms with Gasteiger partial charge in [0.2, 0.25) is 0 Å². The van der Waals surface area contributed by atoms with Crippen LogP contribution >= 0.6 is 0 Å². The van der Waals surface area contributed by atoms with Gasteiger partial charge in [0.1, 0.15) is 0 Å². The number of hydrogen-bond acceptors (Lipinski definition) is 6. The molecule has 0 fully saturated rings. The molecule has 0 bridgehead atoms. The molecule has 6 heteroatoms. The highest BCUT2D eigenvalue weighted by Gasteiger charge is 2.20. The molecule has 0 saturated heterocycles. The molecule has 0 radical (unpaired) electrons. The summed E-state index contributed by atoms with van der Waals surface area (Å²) in [5, 5.41) is 0. The highest BCUT2D eigenvalue weighted by molar-refractivity contribution is 5.71. The Bertz CT molecular complexity index is 2190. The minimum Gasteiger partial charge on any atom is -0.208 e. The topological polar surface area (TPSA) is 77.3 Å². The summed E-state index contributed by atoms with van der Waals surface area (Å²) >= 11 is 0. The Balaban J connectivity index is 1.30. The highest BCUT2D eigenvalue weighted by Crippen LogP contribution is 2.33. The lowest BCUT2D eigenvalue weighted by molar-refractivity contribution is 0.590. The third-order valence-electron chi connectivity index (χ3n) is 10.7. The van der Waals surface area contributed by atoms with Crippen molar-refractivity contribution in [3.8, 4) is 68.3 Å². The van der Waals surface area contributed by atoms with Gasteiger partial charge in [-0.15, -0.1) is 0 Å². The Labute approximate surface area is 345 Å². The molecule has 0 aliphatic carbocycles. The van der Waals surface area contributed by atoms with Crippen molar-refractivity contribution in [2.24, 2.45) is 0 Å². The van der Waals surface area contributed by atoms with Crippen molar-refractivity contribution in [3.05, 3.63) is 144 Å². The first kappa shape index (κ1) is 40.3. The van der Waals surface area contributed by atoms with Crippen molar-refractivity contribution in [1.29, 1.82) is 0 Å². The first-order valence-corrected chi connectivity index (χ1v) is 20.3. The van der Waals surface area contributed by atoms with E-state index in [4.69, 9.17) is 29.9 Å². The van der Waals surface area contributed by atoms with Crippen LogP contribution in [0.25, 0.3) is 68.3 Å². The van der Waals surface area contributed by atoms with Crippen molar-refractivity contribution >= 4 is 0 Å². The van der Waals surface area contributed by atoms with Crippen LogP contribution in [0, 0.1) is 0 Å². The van der Waals surface area contributed by atoms with Crippen molar-refractivity contribution in [2.75, 3.05) is 0 Å². The van der Waals surface area contributed by atoms with E-state index in [0.717, 1.165) is 33.4 Å². The van der Waals surface area contributed by atoms with Crippen LogP contribution in [0.3, 0.4) is 0 Å². The van der Waals surface area contributed by atoms with Crippen molar-refractivity contribution in [3.63, 3.8) is 0 Å². The number of rotatable bonds is 6. The maximum absolute atomic E-state index is 5.04. The molecule has 0 atom stereocenters. The SMILES string of the molecule is CC(C)(C)c1ccc(-c2nc(-c3ccc(-c4nc(-c5ccc(C(C)(C)C)cc5)nc(-c5ccc(C(C)(C)C)cc5)n4)cc3)nc(-c3ccc(C(C)(C)C)cc3)n2)cc1. The molecule has 0 N–H and O–H groups in total. The molecule has 0 saturated carbocycles. The zero-order valence-corrected chi connectivity index (χ0v) is 36.2. The van der Waals surface area contributed by atoms with Gasteiger partial charge < -0.3 is 0 Å². The normalized spacial score (nSPS) is 12.5. The highest BCUT2D eigenvalue weighted by atomic mass is 15.0. The van der Waals surface area contributed by atoms with Crippen molar-refractivity contribution < 1.29 is 0 Å². The molecule has 294 valence electrons. The lowest BCUT2D eigenvalue weighted by Crippen LogP contribution is -2.11. The summed E-state index contributed by atoms with van der Waals surface area (Å²) < 4.78 is 0. The molecule has 2 aromatic heterocycles. The molecule has 58 heavy (non-hydrogen) atoms. The average molecular weight is 765 g/mol. The summed E-state index contributed by atoms with van der Waals surface area (Å²) in [7, 11) is 0. The molecular formula is C52H56N6. The van der Waals surface area contributed by atoms with Crippen LogP contribution in [-0.4, -0.2) is 29.9 Å². The van der Waals surface area contributed by atoms with E-state index in [1.54, 1.807) is 0 Å². The molecule has 0 aliphatic heterocycles. The number of hydrogen-bond donors (Lipinski definition) is 0. The van der Waals surface area contributed by atoms with E-state index in [0.29, 0.717) is 34.9 Å². The fourth-order valence-corrected chi connectivity index (χ4v) is 6.77. The molecule has 0 amide bonds. The van der Waals surface area contributed by atoms with Gasteiger partial charge in [0, 0.05) is 33.4 Å². The predicted molar refractivity (Wildman–Crippen MR) is 241 cm³/mol. The Hall–Kier alpha value is -5.88. The van der Waals surface area contributed by atoms with Crippen LogP contribution in [0.1, 0.15) is 105 Å². The number of benzene rings is 5. The van der Waals surface area contributed by atoms with Crippen LogP contribution in [0.4, 0.5) is 0 Å². The predicted octanol–water partition coefficient (Wildman–Crippen LogP) is 13.2. The smallest absolute Gasteiger partial charge is 0.164 e. The summed E-state index contributed by atoms with van der Waals surface area (Å²) in [6, 6.07) is 42.4. The van der Waals surface area contributed by atoms with E-state index < -0.39 is 0 Å². The van der Waals surface area contributed by atoms with Gasteiger partial charge >= 0.3 is 0 Å². The van der Waals surface area contributed by atoms with Crippen molar-refractivity contribution in [1.82, 2.24) is 29.9 Å². The lowest BCUT2D eigenvalue weighted by Gasteiger charge is -2.19. The van der Waals surface area contributed by atoms with Crippen LogP contribution in [0.5, 0.6) is 0 Å². The summed E-state index contributed by atoms with van der Waals surface area (Å²) in [6.07, 6.45) is 0. The van der Waals surface area contributed by atoms with Crippen molar-refractivity contribution in [2.45, 2.75) is 105 Å². The first-order chi connectivity index (χ1) is 27.2. The van der Waals surface area contributed by atoms with E-state index in [-0.39, 0.29) is 21.7 Å². The van der Waals surface area contributed by atoms with E-state index >= 15 is 0 Å². The molecule has 0 aliphatic rings. The van der Waals surface area contributed by atoms with Gasteiger partial charge in [-0.1, -0.05) is 204 Å². The molecule has 2 heterocycles. The molecule has 7 rings (SSSR count). The van der Waals surface area contributed by atoms with Gasteiger partial charge in [-0.05, 0) is 43.9 Å². The molecule has 0 unspecified atom stereocenters. The molecule has 0 spiro atoms. The van der Waals surface area contributed by atoms with Crippen LogP contribution in [0.15, 0.2) is 121 Å². The second-order valence-corrected chi connectivity index (χ2v) is 19.5. The largest absolute Gasteiger partial charge is 0.208 e.